The van der Waals surface area contributed by atoms with E-state index in [0.717, 1.165) is 0 Å². The van der Waals surface area contributed by atoms with Gasteiger partial charge in [-0.2, -0.15) is 5.10 Å². The van der Waals surface area contributed by atoms with Crippen LogP contribution in [0, 0.1) is 0 Å². The molecule has 2 heterocycles. The van der Waals surface area contributed by atoms with Gasteiger partial charge in [-0.05, 0) is 50.5 Å². The third kappa shape index (κ3) is 2.39. The van der Waals surface area contributed by atoms with Crippen molar-refractivity contribution < 1.29 is 0 Å². The van der Waals surface area contributed by atoms with Crippen molar-refractivity contribution >= 4 is 10.9 Å². The quantitative estimate of drug-likeness (QED) is 0.822. The summed E-state index contributed by atoms with van der Waals surface area (Å²) in [5, 5.41) is 5.91. The number of piperidine rings is 1. The van der Waals surface area contributed by atoms with E-state index in [2.05, 4.69) is 53.8 Å². The van der Waals surface area contributed by atoms with E-state index in [4.69, 9.17) is 0 Å². The van der Waals surface area contributed by atoms with Gasteiger partial charge in [0.2, 0.25) is 0 Å². The van der Waals surface area contributed by atoms with Gasteiger partial charge in [-0.3, -0.25) is 4.68 Å². The molecule has 1 aromatic heterocycles. The molecule has 102 valence electrons. The first-order chi connectivity index (χ1) is 9.15. The minimum absolute atomic E-state index is 0.566. The van der Waals surface area contributed by atoms with E-state index in [0.29, 0.717) is 12.0 Å². The van der Waals surface area contributed by atoms with E-state index < -0.39 is 0 Å². The van der Waals surface area contributed by atoms with Crippen molar-refractivity contribution in [1.82, 2.24) is 14.7 Å². The topological polar surface area (TPSA) is 21.1 Å². The number of likely N-dealkylation sites (tertiary alicyclic amines) is 1. The van der Waals surface area contributed by atoms with Crippen LogP contribution in [0.2, 0.25) is 0 Å². The first-order valence-electron chi connectivity index (χ1n) is 7.31. The molecule has 0 amide bonds. The Morgan fingerprint density at radius 1 is 1.21 bits per heavy atom. The molecule has 1 aliphatic rings. The second-order valence-corrected chi connectivity index (χ2v) is 6.10. The number of rotatable bonds is 2. The Morgan fingerprint density at radius 3 is 2.63 bits per heavy atom. The lowest BCUT2D eigenvalue weighted by Gasteiger charge is -2.29. The molecule has 1 fully saturated rings. The zero-order chi connectivity index (χ0) is 13.4. The van der Waals surface area contributed by atoms with Crippen molar-refractivity contribution in [2.45, 2.75) is 38.6 Å². The lowest BCUT2D eigenvalue weighted by Crippen LogP contribution is -2.31. The fraction of sp³-hybridized carbons (Fsp3) is 0.562. The summed E-state index contributed by atoms with van der Waals surface area (Å²) in [5.74, 6) is 0.574. The summed E-state index contributed by atoms with van der Waals surface area (Å²) in [6.07, 6.45) is 4.43. The van der Waals surface area contributed by atoms with Gasteiger partial charge in [0.15, 0.2) is 0 Å². The summed E-state index contributed by atoms with van der Waals surface area (Å²) in [7, 11) is 2.20. The molecule has 2 aromatic rings. The highest BCUT2D eigenvalue weighted by atomic mass is 15.3. The molecule has 19 heavy (non-hydrogen) atoms. The molecule has 3 nitrogen and oxygen atoms in total. The Balaban J connectivity index is 1.97. The predicted octanol–water partition coefficient (Wildman–Crippen LogP) is 3.43. The molecule has 0 spiro atoms. The van der Waals surface area contributed by atoms with Gasteiger partial charge in [-0.25, -0.2) is 0 Å². The minimum Gasteiger partial charge on any atom is -0.306 e. The summed E-state index contributed by atoms with van der Waals surface area (Å²) in [6, 6.07) is 7.33. The van der Waals surface area contributed by atoms with Crippen molar-refractivity contribution in [3.05, 3.63) is 30.0 Å². The maximum absolute atomic E-state index is 4.64. The van der Waals surface area contributed by atoms with Crippen LogP contribution in [0.25, 0.3) is 10.9 Å². The smallest absolute Gasteiger partial charge is 0.0688 e. The van der Waals surface area contributed by atoms with Crippen LogP contribution in [0.1, 0.15) is 44.2 Å². The van der Waals surface area contributed by atoms with Gasteiger partial charge in [0, 0.05) is 5.39 Å². The Labute approximate surface area is 115 Å². The molecule has 0 unspecified atom stereocenters. The van der Waals surface area contributed by atoms with Crippen LogP contribution in [0.3, 0.4) is 0 Å². The lowest BCUT2D eigenvalue weighted by atomic mass is 10.0. The molecule has 0 atom stereocenters. The van der Waals surface area contributed by atoms with E-state index in [1.165, 1.54) is 42.4 Å². The lowest BCUT2D eigenvalue weighted by molar-refractivity contribution is 0.215. The highest BCUT2D eigenvalue weighted by Crippen LogP contribution is 2.27. The van der Waals surface area contributed by atoms with Gasteiger partial charge in [0.1, 0.15) is 0 Å². The predicted molar refractivity (Wildman–Crippen MR) is 79.6 cm³/mol. The van der Waals surface area contributed by atoms with Crippen LogP contribution in [0.5, 0.6) is 0 Å². The molecule has 0 N–H and O–H groups in total. The zero-order valence-corrected chi connectivity index (χ0v) is 12.1. The molecule has 1 aromatic carbocycles. The summed E-state index contributed by atoms with van der Waals surface area (Å²) >= 11 is 0. The first-order valence-corrected chi connectivity index (χ1v) is 7.31. The van der Waals surface area contributed by atoms with Gasteiger partial charge in [-0.1, -0.05) is 26.0 Å². The normalized spacial score (nSPS) is 18.5. The molecule has 1 aliphatic heterocycles. The number of aromatic nitrogens is 2. The summed E-state index contributed by atoms with van der Waals surface area (Å²) in [5.41, 5.74) is 2.71. The first kappa shape index (κ1) is 12.7. The van der Waals surface area contributed by atoms with Gasteiger partial charge in [0.05, 0.1) is 17.8 Å². The van der Waals surface area contributed by atoms with Crippen LogP contribution >= 0.6 is 0 Å². The Kier molecular flexibility index (Phi) is 3.31. The van der Waals surface area contributed by atoms with Gasteiger partial charge in [0.25, 0.3) is 0 Å². The van der Waals surface area contributed by atoms with Gasteiger partial charge >= 0.3 is 0 Å². The maximum Gasteiger partial charge on any atom is 0.0688 e. The van der Waals surface area contributed by atoms with Gasteiger partial charge in [-0.15, -0.1) is 0 Å². The fourth-order valence-electron chi connectivity index (χ4n) is 2.94. The second-order valence-electron chi connectivity index (χ2n) is 6.10. The van der Waals surface area contributed by atoms with E-state index in [1.54, 1.807) is 0 Å². The monoisotopic (exact) mass is 257 g/mol. The number of nitrogens with zero attached hydrogens (tertiary/aromatic N) is 3. The van der Waals surface area contributed by atoms with E-state index in [-0.39, 0.29) is 0 Å². The fourth-order valence-corrected chi connectivity index (χ4v) is 2.94. The second kappa shape index (κ2) is 4.97. The van der Waals surface area contributed by atoms with Crippen LogP contribution in [0.4, 0.5) is 0 Å². The van der Waals surface area contributed by atoms with Crippen LogP contribution in [0.15, 0.2) is 24.4 Å². The molecule has 0 bridgehead atoms. The molecule has 1 saturated heterocycles. The number of benzene rings is 1. The Hall–Kier alpha value is -1.35. The summed E-state index contributed by atoms with van der Waals surface area (Å²) in [6.45, 7) is 6.85. The standard InChI is InChI=1S/C16H23N3/c1-12(2)13-4-5-14-11-17-19(16(14)10-13)15-6-8-18(3)9-7-15/h4-5,10-12,15H,6-9H2,1-3H3. The van der Waals surface area contributed by atoms with E-state index in [9.17, 15) is 0 Å². The van der Waals surface area contributed by atoms with Crippen LogP contribution < -0.4 is 0 Å². The van der Waals surface area contributed by atoms with Crippen LogP contribution in [-0.2, 0) is 0 Å². The largest absolute Gasteiger partial charge is 0.306 e. The Bertz CT molecular complexity index is 562. The molecule has 3 rings (SSSR count). The molecule has 0 aliphatic carbocycles. The molecular weight excluding hydrogens is 234 g/mol. The number of fused-ring (bicyclic) bond motifs is 1. The van der Waals surface area contributed by atoms with E-state index >= 15 is 0 Å². The Morgan fingerprint density at radius 2 is 1.95 bits per heavy atom. The number of hydrogen-bond acceptors (Lipinski definition) is 2. The van der Waals surface area contributed by atoms with Crippen molar-refractivity contribution in [2.75, 3.05) is 20.1 Å². The molecule has 3 heteroatoms. The minimum atomic E-state index is 0.566. The van der Waals surface area contributed by atoms with Crippen molar-refractivity contribution in [3.8, 4) is 0 Å². The average molecular weight is 257 g/mol. The highest BCUT2D eigenvalue weighted by molar-refractivity contribution is 5.79. The number of hydrogen-bond donors (Lipinski definition) is 0. The van der Waals surface area contributed by atoms with Gasteiger partial charge < -0.3 is 4.90 Å². The van der Waals surface area contributed by atoms with Crippen molar-refractivity contribution in [1.29, 1.82) is 0 Å². The third-order valence-corrected chi connectivity index (χ3v) is 4.32. The molecule has 0 saturated carbocycles. The summed E-state index contributed by atoms with van der Waals surface area (Å²) < 4.78 is 2.26. The average Bonchev–Trinajstić information content (AvgIpc) is 2.82. The zero-order valence-electron chi connectivity index (χ0n) is 12.1. The maximum atomic E-state index is 4.64. The summed E-state index contributed by atoms with van der Waals surface area (Å²) in [4.78, 5) is 2.40. The van der Waals surface area contributed by atoms with Crippen molar-refractivity contribution in [3.63, 3.8) is 0 Å². The third-order valence-electron chi connectivity index (χ3n) is 4.32. The van der Waals surface area contributed by atoms with E-state index in [1.807, 2.05) is 6.20 Å². The highest BCUT2D eigenvalue weighted by Gasteiger charge is 2.20. The SMILES string of the molecule is CC(C)c1ccc2cnn(C3CCN(C)CC3)c2c1. The molecule has 0 radical (unpaired) electrons. The van der Waals surface area contributed by atoms with Crippen molar-refractivity contribution in [2.24, 2.45) is 0 Å². The van der Waals surface area contributed by atoms with Crippen LogP contribution in [-0.4, -0.2) is 34.8 Å². The molecular formula is C16H23N3.